The number of hydrogen-bond donors (Lipinski definition) is 0. The van der Waals surface area contributed by atoms with Crippen molar-refractivity contribution in [2.24, 2.45) is 0 Å². The number of fused-ring (bicyclic) bond motifs is 2. The third kappa shape index (κ3) is 3.13. The molecule has 0 spiro atoms. The van der Waals surface area contributed by atoms with Gasteiger partial charge in [-0.3, -0.25) is 0 Å². The van der Waals surface area contributed by atoms with Crippen LogP contribution in [0.2, 0.25) is 0 Å². The van der Waals surface area contributed by atoms with Crippen molar-refractivity contribution in [3.63, 3.8) is 0 Å². The predicted molar refractivity (Wildman–Crippen MR) is 97.4 cm³/mol. The van der Waals surface area contributed by atoms with Crippen molar-refractivity contribution in [2.45, 2.75) is 24.0 Å². The molecule has 0 aliphatic carbocycles. The first kappa shape index (κ1) is 15.4. The van der Waals surface area contributed by atoms with Crippen LogP contribution in [0.25, 0.3) is 5.57 Å². The van der Waals surface area contributed by atoms with Crippen LogP contribution in [0.15, 0.2) is 53.4 Å². The maximum atomic E-state index is 2.42. The highest BCUT2D eigenvalue weighted by Gasteiger charge is 2.19. The molecule has 0 unspecified atom stereocenters. The molecule has 0 atom stereocenters. The van der Waals surface area contributed by atoms with E-state index < -0.39 is 0 Å². The van der Waals surface area contributed by atoms with E-state index in [0.29, 0.717) is 0 Å². The van der Waals surface area contributed by atoms with E-state index in [1.54, 1.807) is 0 Å². The minimum absolute atomic E-state index is 1.05. The SMILES string of the molecule is Cc1cccc2c1SCc1ccccc1/C2=C/CCN(C)C. The van der Waals surface area contributed by atoms with Crippen LogP contribution in [0.1, 0.15) is 28.7 Å². The van der Waals surface area contributed by atoms with Gasteiger partial charge in [0, 0.05) is 17.2 Å². The lowest BCUT2D eigenvalue weighted by Gasteiger charge is -2.14. The molecular formula is C20H23NS. The maximum Gasteiger partial charge on any atom is 0.0238 e. The molecule has 3 rings (SSSR count). The molecule has 0 saturated heterocycles. The van der Waals surface area contributed by atoms with Gasteiger partial charge in [-0.2, -0.15) is 0 Å². The van der Waals surface area contributed by atoms with Crippen LogP contribution in [0.3, 0.4) is 0 Å². The lowest BCUT2D eigenvalue weighted by Crippen LogP contribution is -2.12. The summed E-state index contributed by atoms with van der Waals surface area (Å²) in [6, 6.07) is 15.5. The molecule has 2 heteroatoms. The summed E-state index contributed by atoms with van der Waals surface area (Å²) in [4.78, 5) is 3.68. The zero-order chi connectivity index (χ0) is 15.5. The van der Waals surface area contributed by atoms with Gasteiger partial charge in [0.1, 0.15) is 0 Å². The van der Waals surface area contributed by atoms with E-state index in [2.05, 4.69) is 74.5 Å². The van der Waals surface area contributed by atoms with Gasteiger partial charge < -0.3 is 4.90 Å². The van der Waals surface area contributed by atoms with E-state index in [9.17, 15) is 0 Å². The summed E-state index contributed by atoms with van der Waals surface area (Å²) in [5.74, 6) is 1.05. The van der Waals surface area contributed by atoms with E-state index >= 15 is 0 Å². The van der Waals surface area contributed by atoms with Crippen molar-refractivity contribution in [1.29, 1.82) is 0 Å². The van der Waals surface area contributed by atoms with E-state index in [-0.39, 0.29) is 0 Å². The van der Waals surface area contributed by atoms with Crippen LogP contribution in [0, 0.1) is 6.92 Å². The summed E-state index contributed by atoms with van der Waals surface area (Å²) in [6.45, 7) is 3.30. The summed E-state index contributed by atoms with van der Waals surface area (Å²) in [7, 11) is 4.26. The van der Waals surface area contributed by atoms with Crippen molar-refractivity contribution in [3.8, 4) is 0 Å². The Morgan fingerprint density at radius 3 is 2.64 bits per heavy atom. The van der Waals surface area contributed by atoms with Gasteiger partial charge in [-0.15, -0.1) is 11.8 Å². The molecule has 0 bridgehead atoms. The fourth-order valence-corrected chi connectivity index (χ4v) is 4.13. The van der Waals surface area contributed by atoms with Gasteiger partial charge in [-0.25, -0.2) is 0 Å². The molecule has 0 aromatic heterocycles. The summed E-state index contributed by atoms with van der Waals surface area (Å²) in [5, 5.41) is 0. The number of aryl methyl sites for hydroxylation is 1. The summed E-state index contributed by atoms with van der Waals surface area (Å²) < 4.78 is 0. The zero-order valence-electron chi connectivity index (χ0n) is 13.6. The van der Waals surface area contributed by atoms with Crippen molar-refractivity contribution in [1.82, 2.24) is 4.90 Å². The molecule has 0 radical (unpaired) electrons. The van der Waals surface area contributed by atoms with Crippen LogP contribution in [-0.4, -0.2) is 25.5 Å². The van der Waals surface area contributed by atoms with Crippen LogP contribution < -0.4 is 0 Å². The molecule has 1 aliphatic heterocycles. The first-order valence-electron chi connectivity index (χ1n) is 7.83. The zero-order valence-corrected chi connectivity index (χ0v) is 14.4. The summed E-state index contributed by atoms with van der Waals surface area (Å²) >= 11 is 1.97. The van der Waals surface area contributed by atoms with E-state index in [1.807, 2.05) is 11.8 Å². The van der Waals surface area contributed by atoms with E-state index in [4.69, 9.17) is 0 Å². The second-order valence-corrected chi connectivity index (χ2v) is 7.09. The number of nitrogens with zero attached hydrogens (tertiary/aromatic N) is 1. The monoisotopic (exact) mass is 309 g/mol. The Hall–Kier alpha value is -1.51. The molecule has 0 amide bonds. The largest absolute Gasteiger partial charge is 0.309 e. The highest BCUT2D eigenvalue weighted by Crippen LogP contribution is 2.41. The second-order valence-electron chi connectivity index (χ2n) is 6.11. The smallest absolute Gasteiger partial charge is 0.0238 e. The average molecular weight is 309 g/mol. The Balaban J connectivity index is 2.11. The fraction of sp³-hybridized carbons (Fsp3) is 0.300. The Labute approximate surface area is 138 Å². The molecule has 2 aromatic rings. The van der Waals surface area contributed by atoms with Gasteiger partial charge in [-0.1, -0.05) is 48.5 Å². The third-order valence-electron chi connectivity index (χ3n) is 4.11. The molecule has 22 heavy (non-hydrogen) atoms. The van der Waals surface area contributed by atoms with Gasteiger partial charge in [0.05, 0.1) is 0 Å². The molecule has 2 aromatic carbocycles. The minimum atomic E-state index is 1.05. The normalized spacial score (nSPS) is 15.5. The van der Waals surface area contributed by atoms with Crippen molar-refractivity contribution < 1.29 is 0 Å². The number of hydrogen-bond acceptors (Lipinski definition) is 2. The highest BCUT2D eigenvalue weighted by atomic mass is 32.2. The van der Waals surface area contributed by atoms with Crippen LogP contribution in [-0.2, 0) is 5.75 Å². The lowest BCUT2D eigenvalue weighted by atomic mass is 9.93. The van der Waals surface area contributed by atoms with Gasteiger partial charge in [-0.05, 0) is 55.3 Å². The Morgan fingerprint density at radius 1 is 1.05 bits per heavy atom. The minimum Gasteiger partial charge on any atom is -0.309 e. The molecule has 1 aliphatic rings. The third-order valence-corrected chi connectivity index (χ3v) is 5.39. The van der Waals surface area contributed by atoms with Crippen molar-refractivity contribution in [3.05, 3.63) is 70.8 Å². The van der Waals surface area contributed by atoms with Gasteiger partial charge in [0.15, 0.2) is 0 Å². The summed E-state index contributed by atoms with van der Waals surface area (Å²) in [6.07, 6.45) is 3.50. The fourth-order valence-electron chi connectivity index (χ4n) is 2.95. The summed E-state index contributed by atoms with van der Waals surface area (Å²) in [5.41, 5.74) is 7.03. The quantitative estimate of drug-likeness (QED) is 0.786. The molecule has 114 valence electrons. The Bertz CT molecular complexity index is 701. The topological polar surface area (TPSA) is 3.24 Å². The first-order valence-corrected chi connectivity index (χ1v) is 8.81. The average Bonchev–Trinajstić information content (AvgIpc) is 2.66. The van der Waals surface area contributed by atoms with Crippen LogP contribution >= 0.6 is 11.8 Å². The highest BCUT2D eigenvalue weighted by molar-refractivity contribution is 7.98. The lowest BCUT2D eigenvalue weighted by molar-refractivity contribution is 0.417. The van der Waals surface area contributed by atoms with Crippen molar-refractivity contribution >= 4 is 17.3 Å². The number of thioether (sulfide) groups is 1. The van der Waals surface area contributed by atoms with Crippen molar-refractivity contribution in [2.75, 3.05) is 20.6 Å². The Morgan fingerprint density at radius 2 is 1.82 bits per heavy atom. The number of rotatable bonds is 3. The van der Waals surface area contributed by atoms with Gasteiger partial charge >= 0.3 is 0 Å². The van der Waals surface area contributed by atoms with Crippen LogP contribution in [0.4, 0.5) is 0 Å². The van der Waals surface area contributed by atoms with Gasteiger partial charge in [0.25, 0.3) is 0 Å². The molecule has 0 N–H and O–H groups in total. The molecule has 1 nitrogen and oxygen atoms in total. The Kier molecular flexibility index (Phi) is 4.70. The standard InChI is InChI=1S/C20H23NS/c1-15-8-6-11-19-18(12-7-13-21(2)3)17-10-5-4-9-16(17)14-22-20(15)19/h4-6,8-12H,7,13-14H2,1-3H3/b18-12-. The maximum absolute atomic E-state index is 2.42. The molecule has 1 heterocycles. The van der Waals surface area contributed by atoms with E-state index in [0.717, 1.165) is 18.7 Å². The van der Waals surface area contributed by atoms with Gasteiger partial charge in [0.2, 0.25) is 0 Å². The molecular weight excluding hydrogens is 286 g/mol. The number of benzene rings is 2. The predicted octanol–water partition coefficient (Wildman–Crippen LogP) is 4.98. The molecule has 0 fully saturated rings. The van der Waals surface area contributed by atoms with Crippen LogP contribution in [0.5, 0.6) is 0 Å². The first-order chi connectivity index (χ1) is 10.7. The second kappa shape index (κ2) is 6.72. The molecule has 0 saturated carbocycles. The van der Waals surface area contributed by atoms with E-state index in [1.165, 1.54) is 32.7 Å².